The molecule has 1 aromatic carbocycles. The first kappa shape index (κ1) is 18.4. The highest BCUT2D eigenvalue weighted by molar-refractivity contribution is 7.17. The van der Waals surface area contributed by atoms with Crippen LogP contribution in [0.15, 0.2) is 24.3 Å². The Balaban J connectivity index is 1.81. The molecule has 2 aromatic heterocycles. The molecule has 4 rings (SSSR count). The fraction of sp³-hybridized carbons (Fsp3) is 0.500. The summed E-state index contributed by atoms with van der Waals surface area (Å²) in [6, 6.07) is 8.50. The van der Waals surface area contributed by atoms with Crippen LogP contribution in [0.5, 0.6) is 5.88 Å². The van der Waals surface area contributed by atoms with Gasteiger partial charge < -0.3 is 9.84 Å². The maximum Gasteiger partial charge on any atom is 0.230 e. The van der Waals surface area contributed by atoms with Gasteiger partial charge in [0.25, 0.3) is 0 Å². The second-order valence-corrected chi connectivity index (χ2v) is 8.40. The molecule has 3 aromatic rings. The summed E-state index contributed by atoms with van der Waals surface area (Å²) < 4.78 is 7.51. The minimum Gasteiger partial charge on any atom is -0.492 e. The summed E-state index contributed by atoms with van der Waals surface area (Å²) in [6.07, 6.45) is 1.05. The van der Waals surface area contributed by atoms with E-state index in [0.717, 1.165) is 40.7 Å². The molecule has 144 valence electrons. The lowest BCUT2D eigenvalue weighted by atomic mass is 10.0. The van der Waals surface area contributed by atoms with Crippen molar-refractivity contribution in [3.05, 3.63) is 46.1 Å². The van der Waals surface area contributed by atoms with Gasteiger partial charge in [-0.2, -0.15) is 4.52 Å². The third-order valence-electron chi connectivity index (χ3n) is 5.01. The normalized spacial score (nSPS) is 22.4. The van der Waals surface area contributed by atoms with Crippen molar-refractivity contribution in [2.24, 2.45) is 0 Å². The van der Waals surface area contributed by atoms with Gasteiger partial charge in [0.2, 0.25) is 10.8 Å². The summed E-state index contributed by atoms with van der Waals surface area (Å²) >= 11 is 1.52. The van der Waals surface area contributed by atoms with Crippen LogP contribution < -0.4 is 0 Å². The van der Waals surface area contributed by atoms with E-state index in [0.29, 0.717) is 0 Å². The molecule has 0 saturated carbocycles. The van der Waals surface area contributed by atoms with Gasteiger partial charge in [0.05, 0.1) is 23.1 Å². The van der Waals surface area contributed by atoms with Gasteiger partial charge in [0.1, 0.15) is 0 Å². The summed E-state index contributed by atoms with van der Waals surface area (Å²) in [7, 11) is 0. The van der Waals surface area contributed by atoms with Crippen LogP contribution in [-0.2, 0) is 11.2 Å². The van der Waals surface area contributed by atoms with E-state index >= 15 is 0 Å². The van der Waals surface area contributed by atoms with Crippen molar-refractivity contribution in [3.63, 3.8) is 0 Å². The largest absolute Gasteiger partial charge is 0.492 e. The van der Waals surface area contributed by atoms with Crippen LogP contribution >= 0.6 is 11.3 Å². The highest BCUT2D eigenvalue weighted by Crippen LogP contribution is 2.41. The lowest BCUT2D eigenvalue weighted by Gasteiger charge is -2.40. The van der Waals surface area contributed by atoms with Crippen molar-refractivity contribution < 1.29 is 9.84 Å². The van der Waals surface area contributed by atoms with Gasteiger partial charge in [-0.15, -0.1) is 5.10 Å². The van der Waals surface area contributed by atoms with E-state index in [4.69, 9.17) is 4.74 Å². The van der Waals surface area contributed by atoms with Gasteiger partial charge in [-0.1, -0.05) is 48.1 Å². The molecule has 7 heteroatoms. The van der Waals surface area contributed by atoms with E-state index in [1.165, 1.54) is 16.9 Å². The molecule has 1 fully saturated rings. The van der Waals surface area contributed by atoms with E-state index in [1.54, 1.807) is 4.52 Å². The molecule has 1 aliphatic rings. The number of morpholine rings is 1. The minimum atomic E-state index is -0.0435. The van der Waals surface area contributed by atoms with Crippen molar-refractivity contribution >= 4 is 16.3 Å². The van der Waals surface area contributed by atoms with Crippen molar-refractivity contribution in [2.75, 3.05) is 13.1 Å². The molecule has 0 radical (unpaired) electrons. The Morgan fingerprint density at radius 2 is 1.89 bits per heavy atom. The van der Waals surface area contributed by atoms with E-state index in [2.05, 4.69) is 60.0 Å². The average molecular weight is 387 g/mol. The zero-order valence-electron chi connectivity index (χ0n) is 16.2. The molecular weight excluding hydrogens is 360 g/mol. The minimum absolute atomic E-state index is 0.0435. The highest BCUT2D eigenvalue weighted by atomic mass is 32.1. The summed E-state index contributed by atoms with van der Waals surface area (Å²) in [5, 5.41) is 15.4. The van der Waals surface area contributed by atoms with Crippen LogP contribution in [0.2, 0.25) is 0 Å². The number of fused-ring (bicyclic) bond motifs is 1. The molecule has 1 N–H and O–H groups in total. The number of aromatic nitrogens is 3. The second-order valence-electron chi connectivity index (χ2n) is 7.39. The van der Waals surface area contributed by atoms with E-state index in [1.807, 2.05) is 6.92 Å². The van der Waals surface area contributed by atoms with Gasteiger partial charge in [0, 0.05) is 19.5 Å². The smallest absolute Gasteiger partial charge is 0.230 e. The maximum atomic E-state index is 11.0. The van der Waals surface area contributed by atoms with E-state index in [9.17, 15) is 5.11 Å². The van der Waals surface area contributed by atoms with Gasteiger partial charge >= 0.3 is 0 Å². The van der Waals surface area contributed by atoms with E-state index < -0.39 is 0 Å². The Bertz CT molecular complexity index is 924. The second kappa shape index (κ2) is 7.22. The monoisotopic (exact) mass is 386 g/mol. The SMILES string of the molecule is CCc1nc2sc([C@H](c3ccc(C)cc3)N3C[C@H](C)O[C@@H](C)C3)c(O)n2n1. The first-order valence-corrected chi connectivity index (χ1v) is 10.3. The van der Waals surface area contributed by atoms with Crippen LogP contribution in [0.1, 0.15) is 48.6 Å². The maximum absolute atomic E-state index is 11.0. The quantitative estimate of drug-likeness (QED) is 0.743. The highest BCUT2D eigenvalue weighted by Gasteiger charge is 2.34. The summed E-state index contributed by atoms with van der Waals surface area (Å²) in [4.78, 5) is 8.57. The summed E-state index contributed by atoms with van der Waals surface area (Å²) in [5.41, 5.74) is 2.39. The molecule has 0 bridgehead atoms. The first-order chi connectivity index (χ1) is 13.0. The lowest BCUT2D eigenvalue weighted by Crippen LogP contribution is -2.47. The van der Waals surface area contributed by atoms with Crippen LogP contribution in [0.4, 0.5) is 0 Å². The van der Waals surface area contributed by atoms with Crippen LogP contribution in [0.25, 0.3) is 4.96 Å². The number of aromatic hydroxyl groups is 1. The Hall–Kier alpha value is -1.96. The molecule has 6 nitrogen and oxygen atoms in total. The Morgan fingerprint density at radius 3 is 2.48 bits per heavy atom. The fourth-order valence-electron chi connectivity index (χ4n) is 3.82. The van der Waals surface area contributed by atoms with E-state index in [-0.39, 0.29) is 24.1 Å². The van der Waals surface area contributed by atoms with Crippen LogP contribution in [0.3, 0.4) is 0 Å². The molecule has 0 spiro atoms. The number of aryl methyl sites for hydroxylation is 2. The molecule has 3 atom stereocenters. The summed E-state index contributed by atoms with van der Waals surface area (Å²) in [6.45, 7) is 9.94. The van der Waals surface area contributed by atoms with Crippen molar-refractivity contribution in [2.45, 2.75) is 52.4 Å². The van der Waals surface area contributed by atoms with Crippen LogP contribution in [0, 0.1) is 6.92 Å². The van der Waals surface area contributed by atoms with Gasteiger partial charge in [-0.25, -0.2) is 4.98 Å². The molecule has 3 heterocycles. The number of nitrogens with zero attached hydrogens (tertiary/aromatic N) is 4. The topological polar surface area (TPSA) is 62.9 Å². The molecule has 0 unspecified atom stereocenters. The first-order valence-electron chi connectivity index (χ1n) is 9.49. The van der Waals surface area contributed by atoms with Gasteiger partial charge in [-0.3, -0.25) is 4.90 Å². The summed E-state index contributed by atoms with van der Waals surface area (Å²) in [5.74, 6) is 0.947. The number of hydrogen-bond donors (Lipinski definition) is 1. The number of ether oxygens (including phenoxy) is 1. The lowest BCUT2D eigenvalue weighted by molar-refractivity contribution is -0.0764. The molecule has 1 aliphatic heterocycles. The Kier molecular flexibility index (Phi) is 4.92. The predicted octanol–water partition coefficient (Wildman–Crippen LogP) is 3.57. The number of rotatable bonds is 4. The van der Waals surface area contributed by atoms with Crippen molar-refractivity contribution in [1.82, 2.24) is 19.5 Å². The molecule has 27 heavy (non-hydrogen) atoms. The molecule has 0 amide bonds. The van der Waals surface area contributed by atoms with Gasteiger partial charge in [0.15, 0.2) is 5.82 Å². The molecular formula is C20H26N4O2S. The average Bonchev–Trinajstić information content (AvgIpc) is 3.16. The van der Waals surface area contributed by atoms with Crippen molar-refractivity contribution in [1.29, 1.82) is 0 Å². The Labute approximate surface area is 163 Å². The predicted molar refractivity (Wildman–Crippen MR) is 107 cm³/mol. The third-order valence-corrected chi connectivity index (χ3v) is 6.09. The number of hydrogen-bond acceptors (Lipinski definition) is 6. The number of thiazole rings is 1. The standard InChI is InChI=1S/C20H26N4O2S/c1-5-16-21-20-24(22-16)19(25)18(27-20)17(15-8-6-12(2)7-9-15)23-10-13(3)26-14(4)11-23/h6-9,13-14,17,25H,5,10-11H2,1-4H3/t13-,14-,17-/m0/s1. The molecule has 1 saturated heterocycles. The zero-order chi connectivity index (χ0) is 19.1. The third kappa shape index (κ3) is 3.47. The van der Waals surface area contributed by atoms with Crippen LogP contribution in [-0.4, -0.2) is 49.9 Å². The zero-order valence-corrected chi connectivity index (χ0v) is 17.0. The van der Waals surface area contributed by atoms with Crippen molar-refractivity contribution in [3.8, 4) is 5.88 Å². The Morgan fingerprint density at radius 1 is 1.22 bits per heavy atom. The fourth-order valence-corrected chi connectivity index (χ4v) is 4.96. The molecule has 0 aliphatic carbocycles. The van der Waals surface area contributed by atoms with Gasteiger partial charge in [-0.05, 0) is 26.3 Å². The number of benzene rings is 1.